The summed E-state index contributed by atoms with van der Waals surface area (Å²) in [5, 5.41) is 21.6. The minimum Gasteiger partial charge on any atom is -0.382 e. The fraction of sp³-hybridized carbons (Fsp3) is 0.294. The summed E-state index contributed by atoms with van der Waals surface area (Å²) in [7, 11) is 0. The number of pyridine rings is 1. The van der Waals surface area contributed by atoms with Crippen LogP contribution in [0.4, 0.5) is 17.3 Å². The predicted octanol–water partition coefficient (Wildman–Crippen LogP) is 2.56. The van der Waals surface area contributed by atoms with Crippen LogP contribution in [0.2, 0.25) is 5.02 Å². The molecule has 27 heavy (non-hydrogen) atoms. The number of hydrogen-bond donors (Lipinski definition) is 4. The van der Waals surface area contributed by atoms with E-state index in [1.807, 2.05) is 13.8 Å². The Hall–Kier alpha value is -3.07. The number of fused-ring (bicyclic) bond motifs is 1. The number of nitrogens with zero attached hydrogens (tertiary/aromatic N) is 4. The van der Waals surface area contributed by atoms with E-state index in [2.05, 4.69) is 31.0 Å². The number of rotatable bonds is 5. The number of amides is 1. The summed E-state index contributed by atoms with van der Waals surface area (Å²) in [5.74, 6) is 0.109. The van der Waals surface area contributed by atoms with Gasteiger partial charge < -0.3 is 16.5 Å². The average Bonchev–Trinajstić information content (AvgIpc) is 2.89. The number of halogens is 1. The predicted molar refractivity (Wildman–Crippen MR) is 106 cm³/mol. The number of nitrogen functional groups attached to an aromatic ring is 1. The molecule has 1 aliphatic rings. The molecular weight excluding hydrogens is 368 g/mol. The van der Waals surface area contributed by atoms with Crippen LogP contribution in [0, 0.1) is 5.41 Å². The van der Waals surface area contributed by atoms with E-state index < -0.39 is 0 Å². The Balaban J connectivity index is 1.79. The summed E-state index contributed by atoms with van der Waals surface area (Å²) >= 11 is 6.16. The number of aromatic nitrogens is 3. The van der Waals surface area contributed by atoms with Gasteiger partial charge in [-0.3, -0.25) is 10.2 Å². The van der Waals surface area contributed by atoms with Crippen LogP contribution in [0.15, 0.2) is 23.6 Å². The first-order chi connectivity index (χ1) is 12.8. The van der Waals surface area contributed by atoms with Gasteiger partial charge in [0.2, 0.25) is 5.91 Å². The third-order valence-electron chi connectivity index (χ3n) is 4.42. The van der Waals surface area contributed by atoms with E-state index in [0.717, 1.165) is 17.3 Å². The van der Waals surface area contributed by atoms with Gasteiger partial charge >= 0.3 is 0 Å². The molecule has 1 aliphatic carbocycles. The lowest BCUT2D eigenvalue weighted by atomic mass is 9.86. The number of anilines is 3. The Morgan fingerprint density at radius 3 is 2.96 bits per heavy atom. The highest BCUT2D eigenvalue weighted by Gasteiger charge is 2.42. The average molecular weight is 387 g/mol. The number of hydrogen-bond acceptors (Lipinski definition) is 8. The second-order valence-corrected chi connectivity index (χ2v) is 7.21. The number of nitrogens with two attached hydrogens (primary N) is 1. The molecule has 0 aliphatic heterocycles. The molecular formula is C17H19ClN8O. The van der Waals surface area contributed by atoms with Crippen LogP contribution in [0.5, 0.6) is 0 Å². The summed E-state index contributed by atoms with van der Waals surface area (Å²) in [4.78, 5) is 17.0. The molecule has 0 spiro atoms. The summed E-state index contributed by atoms with van der Waals surface area (Å²) in [6, 6.07) is 1.58. The Labute approximate surface area is 160 Å². The highest BCUT2D eigenvalue weighted by molar-refractivity contribution is 6.33. The molecule has 0 bridgehead atoms. The van der Waals surface area contributed by atoms with Crippen LogP contribution < -0.4 is 16.5 Å². The van der Waals surface area contributed by atoms with Crippen LogP contribution in [-0.2, 0) is 10.2 Å². The van der Waals surface area contributed by atoms with Crippen molar-refractivity contribution in [3.63, 3.8) is 0 Å². The number of hydrazone groups is 1. The molecule has 10 heteroatoms. The Bertz CT molecular complexity index is 927. The fourth-order valence-corrected chi connectivity index (χ4v) is 3.54. The van der Waals surface area contributed by atoms with Gasteiger partial charge in [0.15, 0.2) is 5.82 Å². The Morgan fingerprint density at radius 2 is 2.26 bits per heavy atom. The van der Waals surface area contributed by atoms with Gasteiger partial charge in [0.1, 0.15) is 5.82 Å². The largest absolute Gasteiger partial charge is 0.382 e. The van der Waals surface area contributed by atoms with Crippen molar-refractivity contribution in [3.8, 4) is 0 Å². The lowest BCUT2D eigenvalue weighted by Crippen LogP contribution is -2.21. The van der Waals surface area contributed by atoms with Gasteiger partial charge in [-0.05, 0) is 23.5 Å². The third-order valence-corrected chi connectivity index (χ3v) is 4.71. The van der Waals surface area contributed by atoms with Crippen LogP contribution in [0.25, 0.3) is 0 Å². The number of carbonyl (C=O) groups is 1. The molecule has 2 aromatic rings. The number of nitrogens with one attached hydrogen (secondary N) is 3. The number of carbonyl (C=O) groups excluding carboxylic acids is 1. The molecule has 0 fully saturated rings. The molecule has 0 aromatic carbocycles. The zero-order valence-corrected chi connectivity index (χ0v) is 15.6. The smallest absolute Gasteiger partial charge is 0.232 e. The van der Waals surface area contributed by atoms with Gasteiger partial charge in [-0.15, -0.1) is 5.10 Å². The molecule has 3 rings (SSSR count). The standard InChI is InChI=1S/C17H19ClN8O/c1-17(2)6-10(11-8-23-25-14(20)13(11)17)16(27)24-9-5-12(18)15(21-7-9)26-22-4-3-19/h3-5,7-8,10,19H,6H2,1-2H3,(H2,20,25)(H,21,26)(H,24,27)/b19-3?,22-4-. The second-order valence-electron chi connectivity index (χ2n) is 6.80. The van der Waals surface area contributed by atoms with Crippen molar-refractivity contribution in [2.45, 2.75) is 31.6 Å². The Morgan fingerprint density at radius 1 is 1.48 bits per heavy atom. The zero-order chi connectivity index (χ0) is 19.6. The van der Waals surface area contributed by atoms with E-state index in [4.69, 9.17) is 22.7 Å². The normalized spacial score (nSPS) is 17.5. The zero-order valence-electron chi connectivity index (χ0n) is 14.8. The molecule has 140 valence electrons. The lowest BCUT2D eigenvalue weighted by molar-refractivity contribution is -0.117. The van der Waals surface area contributed by atoms with Gasteiger partial charge in [-0.2, -0.15) is 10.2 Å². The van der Waals surface area contributed by atoms with E-state index in [1.165, 1.54) is 12.4 Å². The molecule has 0 saturated carbocycles. The topological polar surface area (TPSA) is 142 Å². The molecule has 2 heterocycles. The van der Waals surface area contributed by atoms with Crippen molar-refractivity contribution in [1.29, 1.82) is 5.41 Å². The minimum absolute atomic E-state index is 0.186. The molecule has 5 N–H and O–H groups in total. The fourth-order valence-electron chi connectivity index (χ4n) is 3.33. The van der Waals surface area contributed by atoms with Gasteiger partial charge in [0.05, 0.1) is 35.2 Å². The summed E-state index contributed by atoms with van der Waals surface area (Å²) in [5.41, 5.74) is 10.5. The SMILES string of the molecule is CC1(C)CC(C(=O)Nc2cnc(N/N=C\C=N)c(Cl)c2)c2cnnc(N)c21. The van der Waals surface area contributed by atoms with E-state index in [9.17, 15) is 4.79 Å². The minimum atomic E-state index is -0.387. The molecule has 9 nitrogen and oxygen atoms in total. The molecule has 1 unspecified atom stereocenters. The molecule has 1 atom stereocenters. The highest BCUT2D eigenvalue weighted by atomic mass is 35.5. The first-order valence-electron chi connectivity index (χ1n) is 8.19. The van der Waals surface area contributed by atoms with Crippen LogP contribution in [-0.4, -0.2) is 33.5 Å². The highest BCUT2D eigenvalue weighted by Crippen LogP contribution is 2.47. The second kappa shape index (κ2) is 7.28. The first-order valence-corrected chi connectivity index (χ1v) is 8.57. The summed E-state index contributed by atoms with van der Waals surface area (Å²) in [6.07, 6.45) is 5.95. The molecule has 2 aromatic heterocycles. The quantitative estimate of drug-likeness (QED) is 0.459. The lowest BCUT2D eigenvalue weighted by Gasteiger charge is -2.19. The first kappa shape index (κ1) is 18.7. The molecule has 1 amide bonds. The van der Waals surface area contributed by atoms with Gasteiger partial charge in [0, 0.05) is 11.8 Å². The maximum atomic E-state index is 12.8. The van der Waals surface area contributed by atoms with Crippen molar-refractivity contribution in [1.82, 2.24) is 15.2 Å². The van der Waals surface area contributed by atoms with Gasteiger partial charge in [-0.25, -0.2) is 4.98 Å². The van der Waals surface area contributed by atoms with Crippen LogP contribution >= 0.6 is 11.6 Å². The van der Waals surface area contributed by atoms with Crippen molar-refractivity contribution >= 4 is 47.3 Å². The van der Waals surface area contributed by atoms with Gasteiger partial charge in [-0.1, -0.05) is 25.4 Å². The van der Waals surface area contributed by atoms with E-state index in [-0.39, 0.29) is 22.3 Å². The monoisotopic (exact) mass is 386 g/mol. The van der Waals surface area contributed by atoms with Crippen molar-refractivity contribution in [3.05, 3.63) is 34.6 Å². The third kappa shape index (κ3) is 3.72. The van der Waals surface area contributed by atoms with Gasteiger partial charge in [0.25, 0.3) is 0 Å². The summed E-state index contributed by atoms with van der Waals surface area (Å²) in [6.45, 7) is 4.07. The maximum Gasteiger partial charge on any atom is 0.232 e. The van der Waals surface area contributed by atoms with E-state index in [0.29, 0.717) is 23.7 Å². The van der Waals surface area contributed by atoms with Crippen LogP contribution in [0.3, 0.4) is 0 Å². The van der Waals surface area contributed by atoms with E-state index >= 15 is 0 Å². The van der Waals surface area contributed by atoms with Crippen molar-refractivity contribution in [2.75, 3.05) is 16.5 Å². The van der Waals surface area contributed by atoms with Crippen molar-refractivity contribution < 1.29 is 4.79 Å². The van der Waals surface area contributed by atoms with Crippen LogP contribution in [0.1, 0.15) is 37.3 Å². The summed E-state index contributed by atoms with van der Waals surface area (Å²) < 4.78 is 0. The van der Waals surface area contributed by atoms with E-state index in [1.54, 1.807) is 12.3 Å². The Kier molecular flexibility index (Phi) is 5.04. The molecule has 0 saturated heterocycles. The molecule has 0 radical (unpaired) electrons. The van der Waals surface area contributed by atoms with Crippen molar-refractivity contribution in [2.24, 2.45) is 5.10 Å². The maximum absolute atomic E-state index is 12.8.